The van der Waals surface area contributed by atoms with Crippen LogP contribution >= 0.6 is 11.8 Å². The fraction of sp³-hybridized carbons (Fsp3) is 0.259. The molecule has 42 heavy (non-hydrogen) atoms. The number of hydrogen-bond donors (Lipinski definition) is 3. The zero-order chi connectivity index (χ0) is 31.5. The topological polar surface area (TPSA) is 125 Å². The van der Waals surface area contributed by atoms with Crippen molar-refractivity contribution in [3.63, 3.8) is 0 Å². The monoisotopic (exact) mass is 629 g/mol. The minimum Gasteiger partial charge on any atom is -0.506 e. The molecule has 3 N–H and O–H groups in total. The van der Waals surface area contributed by atoms with Gasteiger partial charge in [0.1, 0.15) is 11.4 Å². The van der Waals surface area contributed by atoms with Crippen LogP contribution in [0.2, 0.25) is 0 Å². The molecule has 0 heterocycles. The Kier molecular flexibility index (Phi) is 9.67. The Morgan fingerprint density at radius 3 is 2.10 bits per heavy atom. The lowest BCUT2D eigenvalue weighted by atomic mass is 10.1. The molecule has 0 aliphatic carbocycles. The SMILES string of the molecule is CC(C)(C)OC(=O)N(Cc1ccc(C(=O)Nc2cc(NS(C)(=O)=O)c(O)cc2F)cc1)c1ccc(SC(F)(F)F)cc1. The van der Waals surface area contributed by atoms with Crippen molar-refractivity contribution < 1.29 is 45.4 Å². The molecule has 15 heteroatoms. The van der Waals surface area contributed by atoms with E-state index in [2.05, 4.69) is 5.32 Å². The number of nitrogens with one attached hydrogen (secondary N) is 2. The van der Waals surface area contributed by atoms with Crippen LogP contribution in [0.3, 0.4) is 0 Å². The Balaban J connectivity index is 1.81. The summed E-state index contributed by atoms with van der Waals surface area (Å²) in [5.41, 5.74) is -5.16. The van der Waals surface area contributed by atoms with E-state index in [1.54, 1.807) is 20.8 Å². The van der Waals surface area contributed by atoms with Crippen molar-refractivity contribution in [1.82, 2.24) is 0 Å². The fourth-order valence-corrected chi connectivity index (χ4v) is 4.59. The smallest absolute Gasteiger partial charge is 0.446 e. The van der Waals surface area contributed by atoms with E-state index in [1.807, 2.05) is 4.72 Å². The molecule has 0 fully saturated rings. The van der Waals surface area contributed by atoms with Crippen molar-refractivity contribution in [2.24, 2.45) is 0 Å². The Morgan fingerprint density at radius 1 is 0.976 bits per heavy atom. The minimum absolute atomic E-state index is 0.0598. The average molecular weight is 630 g/mol. The van der Waals surface area contributed by atoms with Crippen LogP contribution in [0.25, 0.3) is 0 Å². The highest BCUT2D eigenvalue weighted by atomic mass is 32.2. The van der Waals surface area contributed by atoms with Crippen molar-refractivity contribution in [2.45, 2.75) is 43.3 Å². The summed E-state index contributed by atoms with van der Waals surface area (Å²) in [6.45, 7) is 4.93. The summed E-state index contributed by atoms with van der Waals surface area (Å²) >= 11 is -0.286. The van der Waals surface area contributed by atoms with Crippen molar-refractivity contribution >= 4 is 50.8 Å². The summed E-state index contributed by atoms with van der Waals surface area (Å²) in [6, 6.07) is 12.6. The first-order chi connectivity index (χ1) is 19.3. The Bertz CT molecular complexity index is 1560. The lowest BCUT2D eigenvalue weighted by Gasteiger charge is -2.28. The molecule has 3 rings (SSSR count). The maximum atomic E-state index is 14.3. The first kappa shape index (κ1) is 32.5. The molecule has 0 aromatic heterocycles. The van der Waals surface area contributed by atoms with E-state index >= 15 is 0 Å². The van der Waals surface area contributed by atoms with Gasteiger partial charge in [0.15, 0.2) is 5.82 Å². The largest absolute Gasteiger partial charge is 0.506 e. The standard InChI is InChI=1S/C27H27F4N3O6S2/c1-26(2,3)40-25(37)34(18-9-11-19(12-10-18)41-27(29,30)31)15-16-5-7-17(8-6-16)24(36)32-21-14-22(33-42(4,38)39)23(35)13-20(21)28/h5-14,33,35H,15H2,1-4H3,(H,32,36). The second kappa shape index (κ2) is 12.5. The molecular weight excluding hydrogens is 602 g/mol. The van der Waals surface area contributed by atoms with Crippen LogP contribution in [0.4, 0.5) is 39.4 Å². The van der Waals surface area contributed by atoms with Gasteiger partial charge in [-0.05, 0) is 80.6 Å². The molecule has 226 valence electrons. The number of sulfonamides is 1. The normalized spacial score (nSPS) is 12.0. The van der Waals surface area contributed by atoms with Gasteiger partial charge in [0.2, 0.25) is 10.0 Å². The van der Waals surface area contributed by atoms with Crippen LogP contribution in [0, 0.1) is 5.82 Å². The Labute approximate surface area is 243 Å². The molecule has 0 aliphatic rings. The molecule has 2 amide bonds. The van der Waals surface area contributed by atoms with Gasteiger partial charge in [-0.3, -0.25) is 14.4 Å². The first-order valence-corrected chi connectivity index (χ1v) is 14.8. The molecule has 0 atom stereocenters. The molecule has 0 unspecified atom stereocenters. The number of carbonyl (C=O) groups is 2. The third-order valence-electron chi connectivity index (χ3n) is 5.18. The molecule has 3 aromatic carbocycles. The number of aromatic hydroxyl groups is 1. The Hall–Kier alpha value is -3.98. The van der Waals surface area contributed by atoms with E-state index < -0.39 is 50.4 Å². The first-order valence-electron chi connectivity index (χ1n) is 12.1. The van der Waals surface area contributed by atoms with Gasteiger partial charge in [-0.2, -0.15) is 13.2 Å². The number of anilines is 3. The lowest BCUT2D eigenvalue weighted by Crippen LogP contribution is -2.36. The van der Waals surface area contributed by atoms with Gasteiger partial charge in [-0.1, -0.05) is 12.1 Å². The molecular formula is C27H27F4N3O6S2. The van der Waals surface area contributed by atoms with Crippen molar-refractivity contribution in [3.8, 4) is 5.75 Å². The Morgan fingerprint density at radius 2 is 1.57 bits per heavy atom. The van der Waals surface area contributed by atoms with Gasteiger partial charge in [0.25, 0.3) is 5.91 Å². The van der Waals surface area contributed by atoms with E-state index in [4.69, 9.17) is 4.74 Å². The molecule has 0 bridgehead atoms. The highest BCUT2D eigenvalue weighted by Crippen LogP contribution is 2.37. The van der Waals surface area contributed by atoms with Gasteiger partial charge in [-0.25, -0.2) is 17.6 Å². The second-order valence-corrected chi connectivity index (χ2v) is 12.9. The highest BCUT2D eigenvalue weighted by molar-refractivity contribution is 8.00. The van der Waals surface area contributed by atoms with Gasteiger partial charge < -0.3 is 15.2 Å². The summed E-state index contributed by atoms with van der Waals surface area (Å²) in [5, 5.41) is 12.1. The van der Waals surface area contributed by atoms with E-state index in [-0.39, 0.29) is 40.1 Å². The summed E-state index contributed by atoms with van der Waals surface area (Å²) in [4.78, 5) is 26.9. The number of thioether (sulfide) groups is 1. The van der Waals surface area contributed by atoms with E-state index in [0.29, 0.717) is 11.6 Å². The third kappa shape index (κ3) is 9.83. The van der Waals surface area contributed by atoms with Crippen LogP contribution < -0.4 is 14.9 Å². The zero-order valence-corrected chi connectivity index (χ0v) is 24.4. The highest BCUT2D eigenvalue weighted by Gasteiger charge is 2.29. The number of amides is 2. The van der Waals surface area contributed by atoms with E-state index in [0.717, 1.165) is 12.3 Å². The molecule has 0 saturated heterocycles. The lowest BCUT2D eigenvalue weighted by molar-refractivity contribution is -0.0328. The quantitative estimate of drug-likeness (QED) is 0.110. The van der Waals surface area contributed by atoms with Crippen molar-refractivity contribution in [1.29, 1.82) is 0 Å². The second-order valence-electron chi connectivity index (χ2n) is 9.98. The number of nitrogens with zero attached hydrogens (tertiary/aromatic N) is 1. The third-order valence-corrected chi connectivity index (χ3v) is 6.51. The van der Waals surface area contributed by atoms with E-state index in [1.165, 1.54) is 53.4 Å². The summed E-state index contributed by atoms with van der Waals surface area (Å²) in [7, 11) is -3.80. The van der Waals surface area contributed by atoms with Crippen LogP contribution in [0.15, 0.2) is 65.6 Å². The molecule has 0 radical (unpaired) electrons. The van der Waals surface area contributed by atoms with Crippen molar-refractivity contribution in [2.75, 3.05) is 21.2 Å². The van der Waals surface area contributed by atoms with Crippen molar-refractivity contribution in [3.05, 3.63) is 77.6 Å². The maximum Gasteiger partial charge on any atom is 0.446 e. The van der Waals surface area contributed by atoms with Gasteiger partial charge >= 0.3 is 11.6 Å². The summed E-state index contributed by atoms with van der Waals surface area (Å²) in [5.74, 6) is -2.44. The maximum absolute atomic E-state index is 14.3. The molecule has 0 saturated carbocycles. The number of benzene rings is 3. The molecule has 0 spiro atoms. The summed E-state index contributed by atoms with van der Waals surface area (Å²) < 4.78 is 83.0. The average Bonchev–Trinajstić information content (AvgIpc) is 2.83. The number of rotatable bonds is 8. The van der Waals surface area contributed by atoms with Gasteiger partial charge in [-0.15, -0.1) is 0 Å². The van der Waals surface area contributed by atoms with Crippen LogP contribution in [0.5, 0.6) is 5.75 Å². The van der Waals surface area contributed by atoms with Gasteiger partial charge in [0.05, 0.1) is 24.2 Å². The van der Waals surface area contributed by atoms with E-state index in [9.17, 15) is 40.7 Å². The predicted molar refractivity (Wildman–Crippen MR) is 152 cm³/mol. The molecule has 9 nitrogen and oxygen atoms in total. The van der Waals surface area contributed by atoms with Gasteiger partial charge in [0, 0.05) is 22.2 Å². The minimum atomic E-state index is -4.47. The van der Waals surface area contributed by atoms with Crippen LogP contribution in [0.1, 0.15) is 36.7 Å². The number of carbonyl (C=O) groups excluding carboxylic acids is 2. The fourth-order valence-electron chi connectivity index (χ4n) is 3.48. The number of halogens is 4. The van der Waals surface area contributed by atoms with Crippen LogP contribution in [-0.4, -0.2) is 42.9 Å². The molecule has 0 aliphatic heterocycles. The predicted octanol–water partition coefficient (Wildman–Crippen LogP) is 6.71. The summed E-state index contributed by atoms with van der Waals surface area (Å²) in [6.07, 6.45) is 0.0866. The zero-order valence-electron chi connectivity index (χ0n) is 22.7. The van der Waals surface area contributed by atoms with Crippen LogP contribution in [-0.2, 0) is 21.3 Å². The number of phenols is 1. The number of ether oxygens (including phenoxy) is 1. The number of phenolic OH excluding ortho intramolecular Hbond substituents is 1. The number of alkyl halides is 3. The number of hydrogen-bond acceptors (Lipinski definition) is 7. The molecule has 3 aromatic rings.